The lowest BCUT2D eigenvalue weighted by Gasteiger charge is -2.42. The number of amides is 1. The van der Waals surface area contributed by atoms with Gasteiger partial charge in [0.2, 0.25) is 5.91 Å². The summed E-state index contributed by atoms with van der Waals surface area (Å²) < 4.78 is 0. The molecule has 1 aromatic rings. The van der Waals surface area contributed by atoms with Crippen LogP contribution in [0.5, 0.6) is 0 Å². The van der Waals surface area contributed by atoms with E-state index in [1.165, 1.54) is 18.4 Å². The van der Waals surface area contributed by atoms with Crippen LogP contribution in [0, 0.1) is 23.2 Å². The molecule has 0 radical (unpaired) electrons. The molecule has 2 bridgehead atoms. The number of piperidine rings is 1. The molecule has 1 aliphatic heterocycles. The van der Waals surface area contributed by atoms with Gasteiger partial charge in [-0.25, -0.2) is 0 Å². The smallest absolute Gasteiger partial charge is 0.308 e. The van der Waals surface area contributed by atoms with Gasteiger partial charge in [-0.15, -0.1) is 0 Å². The first-order valence-electron chi connectivity index (χ1n) is 9.64. The zero-order chi connectivity index (χ0) is 17.4. The number of carboxylic acids is 1. The van der Waals surface area contributed by atoms with Crippen LogP contribution >= 0.6 is 0 Å². The molecule has 1 heterocycles. The van der Waals surface area contributed by atoms with Crippen LogP contribution in [0.1, 0.15) is 44.1 Å². The summed E-state index contributed by atoms with van der Waals surface area (Å²) in [5, 5.41) is 9.37. The summed E-state index contributed by atoms with van der Waals surface area (Å²) in [6, 6.07) is 10.3. The molecular formula is C21H27NO3. The number of carboxylic acid groups (broad SMARTS) is 1. The largest absolute Gasteiger partial charge is 0.481 e. The van der Waals surface area contributed by atoms with Crippen LogP contribution in [0.15, 0.2) is 30.3 Å². The van der Waals surface area contributed by atoms with Crippen LogP contribution in [-0.2, 0) is 16.0 Å². The standard InChI is InChI=1S/C21H27NO3/c23-19(24)17-7-4-10-22(14-17)20(25)21(12-15-5-2-1-3-6-15)13-16-8-9-18(21)11-16/h1-3,5-6,16-18H,4,7-14H2,(H,23,24)/t16?,17-,18?,21?/m0/s1. The van der Waals surface area contributed by atoms with Gasteiger partial charge in [-0.3, -0.25) is 9.59 Å². The predicted octanol–water partition coefficient (Wildman–Crippen LogP) is 3.36. The van der Waals surface area contributed by atoms with E-state index in [1.54, 1.807) is 0 Å². The molecule has 0 spiro atoms. The average molecular weight is 341 g/mol. The normalized spacial score (nSPS) is 34.2. The van der Waals surface area contributed by atoms with Crippen molar-refractivity contribution in [2.24, 2.45) is 23.2 Å². The second-order valence-electron chi connectivity index (χ2n) is 8.33. The molecule has 2 saturated carbocycles. The van der Waals surface area contributed by atoms with E-state index >= 15 is 0 Å². The lowest BCUT2D eigenvalue weighted by molar-refractivity contribution is -0.151. The molecule has 4 heteroatoms. The number of benzene rings is 1. The number of hydrogen-bond donors (Lipinski definition) is 1. The predicted molar refractivity (Wildman–Crippen MR) is 95.0 cm³/mol. The Kier molecular flexibility index (Phi) is 4.30. The Morgan fingerprint density at radius 1 is 1.16 bits per heavy atom. The Balaban J connectivity index is 1.60. The molecule has 2 aliphatic carbocycles. The van der Waals surface area contributed by atoms with Crippen LogP contribution in [0.2, 0.25) is 0 Å². The Labute approximate surface area is 149 Å². The van der Waals surface area contributed by atoms with Crippen molar-refractivity contribution in [3.8, 4) is 0 Å². The molecule has 4 nitrogen and oxygen atoms in total. The minimum absolute atomic E-state index is 0.231. The maximum absolute atomic E-state index is 13.6. The maximum Gasteiger partial charge on any atom is 0.308 e. The van der Waals surface area contributed by atoms with Crippen LogP contribution in [0.25, 0.3) is 0 Å². The Morgan fingerprint density at radius 2 is 1.96 bits per heavy atom. The van der Waals surface area contributed by atoms with E-state index in [4.69, 9.17) is 0 Å². The molecule has 1 N–H and O–H groups in total. The topological polar surface area (TPSA) is 57.6 Å². The molecular weight excluding hydrogens is 314 g/mol. The SMILES string of the molecule is O=C(O)[C@H]1CCCN(C(=O)C2(Cc3ccccc3)CC3CCC2C3)C1. The van der Waals surface area contributed by atoms with Crippen LogP contribution in [-0.4, -0.2) is 35.0 Å². The molecule has 3 fully saturated rings. The third-order valence-corrected chi connectivity index (χ3v) is 6.82. The Morgan fingerprint density at radius 3 is 2.60 bits per heavy atom. The van der Waals surface area contributed by atoms with Gasteiger partial charge in [0.15, 0.2) is 0 Å². The first-order chi connectivity index (χ1) is 12.1. The highest BCUT2D eigenvalue weighted by molar-refractivity contribution is 5.85. The lowest BCUT2D eigenvalue weighted by atomic mass is 9.68. The molecule has 1 saturated heterocycles. The van der Waals surface area contributed by atoms with Crippen molar-refractivity contribution in [3.05, 3.63) is 35.9 Å². The zero-order valence-corrected chi connectivity index (χ0v) is 14.7. The maximum atomic E-state index is 13.6. The highest BCUT2D eigenvalue weighted by Crippen LogP contribution is 2.58. The lowest BCUT2D eigenvalue weighted by Crippen LogP contribution is -2.52. The third kappa shape index (κ3) is 2.96. The van der Waals surface area contributed by atoms with Gasteiger partial charge in [-0.05, 0) is 55.9 Å². The van der Waals surface area contributed by atoms with Gasteiger partial charge in [0.05, 0.1) is 11.3 Å². The molecule has 4 atom stereocenters. The van der Waals surface area contributed by atoms with Crippen molar-refractivity contribution in [1.29, 1.82) is 0 Å². The van der Waals surface area contributed by atoms with E-state index in [1.807, 2.05) is 23.1 Å². The molecule has 1 aromatic carbocycles. The number of rotatable bonds is 4. The fourth-order valence-electron chi connectivity index (χ4n) is 5.64. The van der Waals surface area contributed by atoms with Gasteiger partial charge in [-0.1, -0.05) is 36.8 Å². The van der Waals surface area contributed by atoms with Gasteiger partial charge in [0, 0.05) is 13.1 Å². The van der Waals surface area contributed by atoms with Gasteiger partial charge >= 0.3 is 5.97 Å². The molecule has 0 aromatic heterocycles. The van der Waals surface area contributed by atoms with Crippen LogP contribution in [0.4, 0.5) is 0 Å². The number of likely N-dealkylation sites (tertiary alicyclic amines) is 1. The number of carbonyl (C=O) groups is 2. The monoisotopic (exact) mass is 341 g/mol. The number of hydrogen-bond acceptors (Lipinski definition) is 2. The highest BCUT2D eigenvalue weighted by Gasteiger charge is 2.56. The fourth-order valence-corrected chi connectivity index (χ4v) is 5.64. The second-order valence-corrected chi connectivity index (χ2v) is 8.33. The van der Waals surface area contributed by atoms with Crippen molar-refractivity contribution >= 4 is 11.9 Å². The summed E-state index contributed by atoms with van der Waals surface area (Å²) in [6.07, 6.45) is 6.87. The van der Waals surface area contributed by atoms with Gasteiger partial charge < -0.3 is 10.0 Å². The van der Waals surface area contributed by atoms with E-state index < -0.39 is 11.9 Å². The van der Waals surface area contributed by atoms with Crippen LogP contribution < -0.4 is 0 Å². The van der Waals surface area contributed by atoms with E-state index in [0.29, 0.717) is 24.8 Å². The van der Waals surface area contributed by atoms with Gasteiger partial charge in [0.25, 0.3) is 0 Å². The molecule has 25 heavy (non-hydrogen) atoms. The van der Waals surface area contributed by atoms with Crippen molar-refractivity contribution in [2.45, 2.75) is 44.9 Å². The first-order valence-corrected chi connectivity index (χ1v) is 9.64. The molecule has 4 rings (SSSR count). The van der Waals surface area contributed by atoms with Crippen molar-refractivity contribution in [3.63, 3.8) is 0 Å². The second kappa shape index (κ2) is 6.47. The zero-order valence-electron chi connectivity index (χ0n) is 14.7. The van der Waals surface area contributed by atoms with Crippen molar-refractivity contribution in [1.82, 2.24) is 4.90 Å². The summed E-state index contributed by atoms with van der Waals surface area (Å²) in [7, 11) is 0. The summed E-state index contributed by atoms with van der Waals surface area (Å²) in [5.41, 5.74) is 0.931. The molecule has 134 valence electrons. The Hall–Kier alpha value is -1.84. The van der Waals surface area contributed by atoms with E-state index in [-0.39, 0.29) is 11.3 Å². The first kappa shape index (κ1) is 16.6. The minimum Gasteiger partial charge on any atom is -0.481 e. The molecule has 3 aliphatic rings. The van der Waals surface area contributed by atoms with Gasteiger partial charge in [0.1, 0.15) is 0 Å². The minimum atomic E-state index is -0.762. The van der Waals surface area contributed by atoms with Crippen LogP contribution in [0.3, 0.4) is 0 Å². The van der Waals surface area contributed by atoms with E-state index in [9.17, 15) is 14.7 Å². The average Bonchev–Trinajstić information content (AvgIpc) is 3.23. The van der Waals surface area contributed by atoms with Gasteiger partial charge in [-0.2, -0.15) is 0 Å². The highest BCUT2D eigenvalue weighted by atomic mass is 16.4. The number of fused-ring (bicyclic) bond motifs is 2. The number of carbonyl (C=O) groups excluding carboxylic acids is 1. The van der Waals surface area contributed by atoms with Crippen molar-refractivity contribution in [2.75, 3.05) is 13.1 Å². The van der Waals surface area contributed by atoms with E-state index in [0.717, 1.165) is 32.2 Å². The Bertz CT molecular complexity index is 658. The summed E-state index contributed by atoms with van der Waals surface area (Å²) >= 11 is 0. The van der Waals surface area contributed by atoms with Crippen molar-refractivity contribution < 1.29 is 14.7 Å². The van der Waals surface area contributed by atoms with E-state index in [2.05, 4.69) is 12.1 Å². The number of nitrogens with zero attached hydrogens (tertiary/aromatic N) is 1. The number of aliphatic carboxylic acids is 1. The summed E-state index contributed by atoms with van der Waals surface area (Å²) in [4.78, 5) is 26.9. The molecule has 3 unspecified atom stereocenters. The summed E-state index contributed by atoms with van der Waals surface area (Å²) in [5.74, 6) is 0.218. The quantitative estimate of drug-likeness (QED) is 0.913. The molecule has 1 amide bonds. The third-order valence-electron chi connectivity index (χ3n) is 6.82. The fraction of sp³-hybridized carbons (Fsp3) is 0.619. The summed E-state index contributed by atoms with van der Waals surface area (Å²) in [6.45, 7) is 1.11.